The van der Waals surface area contributed by atoms with Crippen LogP contribution >= 0.6 is 0 Å². The van der Waals surface area contributed by atoms with Crippen molar-refractivity contribution in [3.05, 3.63) is 60.7 Å². The van der Waals surface area contributed by atoms with Gasteiger partial charge in [0.05, 0.1) is 0 Å². The van der Waals surface area contributed by atoms with E-state index in [2.05, 4.69) is 47.4 Å². The highest BCUT2D eigenvalue weighted by Gasteiger charge is 2.13. The molecule has 2 nitrogen and oxygen atoms in total. The Kier molecular flexibility index (Phi) is 1.73. The minimum Gasteiger partial charge on any atom is -0.456 e. The van der Waals surface area contributed by atoms with Crippen LogP contribution in [-0.4, -0.2) is 4.98 Å². The van der Waals surface area contributed by atoms with Gasteiger partial charge in [-0.25, -0.2) is 0 Å². The van der Waals surface area contributed by atoms with Gasteiger partial charge in [0.2, 0.25) is 0 Å². The zero-order chi connectivity index (χ0) is 13.1. The number of hydrogen-bond donors (Lipinski definition) is 1. The fraction of sp³-hybridized carbons (Fsp3) is 0. The van der Waals surface area contributed by atoms with Crippen molar-refractivity contribution >= 4 is 43.7 Å². The number of aromatic amines is 1. The number of rotatable bonds is 0. The molecular weight excluding hydrogens is 246 g/mol. The number of nitrogens with one attached hydrogen (secondary N) is 1. The Morgan fingerprint density at radius 1 is 0.600 bits per heavy atom. The van der Waals surface area contributed by atoms with E-state index in [1.807, 2.05) is 18.2 Å². The summed E-state index contributed by atoms with van der Waals surface area (Å²) in [6.45, 7) is 0. The normalized spacial score (nSPS) is 12.0. The first-order valence-corrected chi connectivity index (χ1v) is 6.72. The Bertz CT molecular complexity index is 1010. The Hall–Kier alpha value is -2.74. The van der Waals surface area contributed by atoms with Crippen LogP contribution in [-0.2, 0) is 0 Å². The second-order valence-corrected chi connectivity index (χ2v) is 5.13. The van der Waals surface area contributed by atoms with Gasteiger partial charge in [0.15, 0.2) is 0 Å². The maximum absolute atomic E-state index is 5.96. The lowest BCUT2D eigenvalue weighted by atomic mass is 10.1. The van der Waals surface area contributed by atoms with Crippen LogP contribution in [0, 0.1) is 0 Å². The van der Waals surface area contributed by atoms with Gasteiger partial charge in [0.1, 0.15) is 11.2 Å². The van der Waals surface area contributed by atoms with Crippen molar-refractivity contribution < 1.29 is 4.42 Å². The van der Waals surface area contributed by atoms with E-state index < -0.39 is 0 Å². The number of hydrogen-bond acceptors (Lipinski definition) is 1. The van der Waals surface area contributed by atoms with E-state index in [1.54, 1.807) is 0 Å². The third-order valence-corrected chi connectivity index (χ3v) is 4.01. The summed E-state index contributed by atoms with van der Waals surface area (Å²) < 4.78 is 5.96. The monoisotopic (exact) mass is 257 g/mol. The number of fused-ring (bicyclic) bond motifs is 7. The average Bonchev–Trinajstić information content (AvgIpc) is 3.04. The first kappa shape index (κ1) is 10.1. The van der Waals surface area contributed by atoms with Gasteiger partial charge in [0.25, 0.3) is 0 Å². The van der Waals surface area contributed by atoms with Crippen molar-refractivity contribution in [2.75, 3.05) is 0 Å². The summed E-state index contributed by atoms with van der Waals surface area (Å²) >= 11 is 0. The van der Waals surface area contributed by atoms with Crippen LogP contribution in [0.4, 0.5) is 0 Å². The van der Waals surface area contributed by atoms with E-state index in [4.69, 9.17) is 4.42 Å². The summed E-state index contributed by atoms with van der Waals surface area (Å²) in [5, 5.41) is 4.89. The van der Waals surface area contributed by atoms with Crippen molar-refractivity contribution in [1.82, 2.24) is 4.98 Å². The molecule has 0 radical (unpaired) electrons. The van der Waals surface area contributed by atoms with Crippen LogP contribution in [0.2, 0.25) is 0 Å². The first-order chi connectivity index (χ1) is 9.92. The number of benzene rings is 3. The molecule has 5 aromatic rings. The Morgan fingerprint density at radius 3 is 2.35 bits per heavy atom. The SMILES string of the molecule is c1ccc2c(c1)[nH]c1ccc3oc4ccccc4c3c12. The van der Waals surface area contributed by atoms with Crippen LogP contribution < -0.4 is 0 Å². The Morgan fingerprint density at radius 2 is 1.40 bits per heavy atom. The molecular formula is C18H11NO. The molecule has 2 heteroatoms. The molecule has 0 fully saturated rings. The smallest absolute Gasteiger partial charge is 0.136 e. The highest BCUT2D eigenvalue weighted by molar-refractivity contribution is 6.26. The Labute approximate surface area is 114 Å². The third-order valence-electron chi connectivity index (χ3n) is 4.01. The zero-order valence-corrected chi connectivity index (χ0v) is 10.7. The van der Waals surface area contributed by atoms with E-state index >= 15 is 0 Å². The largest absolute Gasteiger partial charge is 0.456 e. The summed E-state index contributed by atoms with van der Waals surface area (Å²) in [6.07, 6.45) is 0. The van der Waals surface area contributed by atoms with E-state index in [1.165, 1.54) is 27.1 Å². The molecule has 1 N–H and O–H groups in total. The van der Waals surface area contributed by atoms with E-state index in [0.717, 1.165) is 16.7 Å². The molecule has 0 saturated heterocycles. The van der Waals surface area contributed by atoms with Gasteiger partial charge in [-0.3, -0.25) is 0 Å². The number of H-pyrrole nitrogens is 1. The van der Waals surface area contributed by atoms with Crippen molar-refractivity contribution in [3.63, 3.8) is 0 Å². The zero-order valence-electron chi connectivity index (χ0n) is 10.7. The summed E-state index contributed by atoms with van der Waals surface area (Å²) in [4.78, 5) is 3.48. The summed E-state index contributed by atoms with van der Waals surface area (Å²) in [5.74, 6) is 0. The quantitative estimate of drug-likeness (QED) is 0.405. The van der Waals surface area contributed by atoms with Gasteiger partial charge in [-0.15, -0.1) is 0 Å². The van der Waals surface area contributed by atoms with Crippen LogP contribution in [0.1, 0.15) is 0 Å². The van der Waals surface area contributed by atoms with Crippen molar-refractivity contribution in [1.29, 1.82) is 0 Å². The minimum atomic E-state index is 0.945. The summed E-state index contributed by atoms with van der Waals surface area (Å²) in [7, 11) is 0. The molecule has 2 aromatic heterocycles. The van der Waals surface area contributed by atoms with Crippen LogP contribution in [0.5, 0.6) is 0 Å². The van der Waals surface area contributed by atoms with Gasteiger partial charge >= 0.3 is 0 Å². The molecule has 2 heterocycles. The lowest BCUT2D eigenvalue weighted by Crippen LogP contribution is -1.70. The molecule has 0 spiro atoms. The van der Waals surface area contributed by atoms with Crippen LogP contribution in [0.25, 0.3) is 43.7 Å². The van der Waals surface area contributed by atoms with Gasteiger partial charge in [-0.1, -0.05) is 36.4 Å². The summed E-state index contributed by atoms with van der Waals surface area (Å²) in [6, 6.07) is 20.8. The Balaban J connectivity index is 2.19. The van der Waals surface area contributed by atoms with E-state index in [9.17, 15) is 0 Å². The van der Waals surface area contributed by atoms with Gasteiger partial charge in [-0.05, 0) is 24.3 Å². The molecule has 0 bridgehead atoms. The summed E-state index contributed by atoms with van der Waals surface area (Å²) in [5.41, 5.74) is 4.22. The molecule has 20 heavy (non-hydrogen) atoms. The van der Waals surface area contributed by atoms with Crippen LogP contribution in [0.15, 0.2) is 65.1 Å². The number of furan rings is 1. The molecule has 3 aromatic carbocycles. The lowest BCUT2D eigenvalue weighted by Gasteiger charge is -1.94. The molecule has 0 saturated carbocycles. The predicted octanol–water partition coefficient (Wildman–Crippen LogP) is 5.22. The third kappa shape index (κ3) is 1.14. The second kappa shape index (κ2) is 3.42. The van der Waals surface area contributed by atoms with Crippen molar-refractivity contribution in [3.8, 4) is 0 Å². The van der Waals surface area contributed by atoms with E-state index in [0.29, 0.717) is 0 Å². The fourth-order valence-corrected chi connectivity index (χ4v) is 3.16. The number of para-hydroxylation sites is 2. The minimum absolute atomic E-state index is 0.945. The molecule has 0 aliphatic carbocycles. The topological polar surface area (TPSA) is 28.9 Å². The van der Waals surface area contributed by atoms with Gasteiger partial charge < -0.3 is 9.40 Å². The number of aromatic nitrogens is 1. The highest BCUT2D eigenvalue weighted by Crippen LogP contribution is 2.37. The molecule has 0 aliphatic rings. The fourth-order valence-electron chi connectivity index (χ4n) is 3.16. The van der Waals surface area contributed by atoms with Crippen molar-refractivity contribution in [2.45, 2.75) is 0 Å². The predicted molar refractivity (Wildman–Crippen MR) is 83.1 cm³/mol. The maximum atomic E-state index is 5.96. The average molecular weight is 257 g/mol. The molecule has 0 aliphatic heterocycles. The molecule has 0 unspecified atom stereocenters. The van der Waals surface area contributed by atoms with Crippen LogP contribution in [0.3, 0.4) is 0 Å². The molecule has 5 rings (SSSR count). The molecule has 0 amide bonds. The molecule has 0 atom stereocenters. The maximum Gasteiger partial charge on any atom is 0.136 e. The first-order valence-electron chi connectivity index (χ1n) is 6.72. The van der Waals surface area contributed by atoms with E-state index in [-0.39, 0.29) is 0 Å². The standard InChI is InChI=1S/C18H11NO/c1-3-7-13-11(5-1)17-14(19-13)9-10-16-18(17)12-6-2-4-8-15(12)20-16/h1-10,19H. The van der Waals surface area contributed by atoms with Crippen molar-refractivity contribution in [2.24, 2.45) is 0 Å². The highest BCUT2D eigenvalue weighted by atomic mass is 16.3. The van der Waals surface area contributed by atoms with Gasteiger partial charge in [-0.2, -0.15) is 0 Å². The molecule has 94 valence electrons. The van der Waals surface area contributed by atoms with Gasteiger partial charge in [0, 0.05) is 32.6 Å². The lowest BCUT2D eigenvalue weighted by molar-refractivity contribution is 0.669. The second-order valence-electron chi connectivity index (χ2n) is 5.13.